The molecule has 1 saturated heterocycles. The highest BCUT2D eigenvalue weighted by Crippen LogP contribution is 2.16. The van der Waals surface area contributed by atoms with Crippen LogP contribution in [0.4, 0.5) is 0 Å². The van der Waals surface area contributed by atoms with Gasteiger partial charge < -0.3 is 9.72 Å². The molecule has 1 fully saturated rings. The average Bonchev–Trinajstić information content (AvgIpc) is 3.06. The maximum absolute atomic E-state index is 6.02. The number of nitrogens with one attached hydrogen (secondary N) is 1. The first-order valence-electron chi connectivity index (χ1n) is 7.34. The highest BCUT2D eigenvalue weighted by molar-refractivity contribution is 6.30. The van der Waals surface area contributed by atoms with Crippen molar-refractivity contribution in [2.75, 3.05) is 19.6 Å². The fourth-order valence-electron chi connectivity index (χ4n) is 2.93. The third-order valence-electron chi connectivity index (χ3n) is 3.89. The van der Waals surface area contributed by atoms with Gasteiger partial charge in [0.15, 0.2) is 0 Å². The smallest absolute Gasteiger partial charge is 0.137 e. The highest BCUT2D eigenvalue weighted by Gasteiger charge is 2.22. The van der Waals surface area contributed by atoms with Gasteiger partial charge in [-0.2, -0.15) is 0 Å². The van der Waals surface area contributed by atoms with Crippen molar-refractivity contribution in [3.8, 4) is 0 Å². The van der Waals surface area contributed by atoms with Gasteiger partial charge in [-0.1, -0.05) is 18.5 Å². The molecule has 20 heavy (non-hydrogen) atoms. The summed E-state index contributed by atoms with van der Waals surface area (Å²) in [4.78, 5) is 7.23. The SMILES string of the molecule is CCCN(Cc1cn2cc(Cl)ccc2n1)C1CCNC1. The number of rotatable bonds is 5. The third kappa shape index (κ3) is 2.97. The largest absolute Gasteiger partial charge is 0.315 e. The van der Waals surface area contributed by atoms with E-state index in [-0.39, 0.29) is 0 Å². The van der Waals surface area contributed by atoms with Crippen LogP contribution < -0.4 is 5.32 Å². The van der Waals surface area contributed by atoms with Crippen LogP contribution in [0.25, 0.3) is 5.65 Å². The minimum atomic E-state index is 0.642. The summed E-state index contributed by atoms with van der Waals surface area (Å²) in [7, 11) is 0. The van der Waals surface area contributed by atoms with Crippen LogP contribution in [0.1, 0.15) is 25.5 Å². The molecule has 1 aliphatic heterocycles. The molecule has 0 aliphatic carbocycles. The molecule has 0 radical (unpaired) electrons. The van der Waals surface area contributed by atoms with Crippen molar-refractivity contribution in [2.24, 2.45) is 0 Å². The Morgan fingerprint density at radius 2 is 2.35 bits per heavy atom. The van der Waals surface area contributed by atoms with E-state index in [4.69, 9.17) is 11.6 Å². The molecule has 0 amide bonds. The van der Waals surface area contributed by atoms with Gasteiger partial charge in [-0.15, -0.1) is 0 Å². The Morgan fingerprint density at radius 3 is 3.10 bits per heavy atom. The number of fused-ring (bicyclic) bond motifs is 1. The lowest BCUT2D eigenvalue weighted by atomic mass is 10.2. The van der Waals surface area contributed by atoms with Crippen LogP contribution in [0.3, 0.4) is 0 Å². The van der Waals surface area contributed by atoms with Crippen LogP contribution in [0, 0.1) is 0 Å². The lowest BCUT2D eigenvalue weighted by molar-refractivity contribution is 0.197. The van der Waals surface area contributed by atoms with Crippen LogP contribution in [0.5, 0.6) is 0 Å². The Hall–Kier alpha value is -1.10. The topological polar surface area (TPSA) is 32.6 Å². The van der Waals surface area contributed by atoms with E-state index in [2.05, 4.69) is 28.3 Å². The van der Waals surface area contributed by atoms with Crippen LogP contribution in [-0.4, -0.2) is 40.0 Å². The first kappa shape index (κ1) is 13.9. The summed E-state index contributed by atoms with van der Waals surface area (Å²) in [5.74, 6) is 0. The summed E-state index contributed by atoms with van der Waals surface area (Å²) in [6.45, 7) is 6.50. The zero-order chi connectivity index (χ0) is 13.9. The second kappa shape index (κ2) is 6.12. The number of imidazole rings is 1. The van der Waals surface area contributed by atoms with E-state index in [1.165, 1.54) is 12.8 Å². The molecular formula is C15H21ClN4. The summed E-state index contributed by atoms with van der Waals surface area (Å²) >= 11 is 6.02. The summed E-state index contributed by atoms with van der Waals surface area (Å²) in [5.41, 5.74) is 2.08. The monoisotopic (exact) mass is 292 g/mol. The van der Waals surface area contributed by atoms with E-state index in [9.17, 15) is 0 Å². The standard InChI is InChI=1S/C15H21ClN4/c1-2-7-19(14-5-6-17-8-14)10-13-11-20-9-12(16)3-4-15(20)18-13/h3-4,9,11,14,17H,2,5-8,10H2,1H3. The Labute approximate surface area is 124 Å². The zero-order valence-electron chi connectivity index (χ0n) is 11.8. The molecular weight excluding hydrogens is 272 g/mol. The van der Waals surface area contributed by atoms with Gasteiger partial charge in [-0.3, -0.25) is 4.90 Å². The van der Waals surface area contributed by atoms with Crippen LogP contribution in [0.2, 0.25) is 5.02 Å². The predicted molar refractivity (Wildman–Crippen MR) is 82.2 cm³/mol. The van der Waals surface area contributed by atoms with E-state index >= 15 is 0 Å². The molecule has 0 spiro atoms. The van der Waals surface area contributed by atoms with Crippen molar-refractivity contribution in [3.63, 3.8) is 0 Å². The van der Waals surface area contributed by atoms with E-state index < -0.39 is 0 Å². The second-order valence-electron chi connectivity index (χ2n) is 5.46. The third-order valence-corrected chi connectivity index (χ3v) is 4.12. The molecule has 1 atom stereocenters. The molecule has 108 valence electrons. The molecule has 1 aliphatic rings. The van der Waals surface area contributed by atoms with Gasteiger partial charge in [0.2, 0.25) is 0 Å². The van der Waals surface area contributed by atoms with Gasteiger partial charge >= 0.3 is 0 Å². The minimum absolute atomic E-state index is 0.642. The highest BCUT2D eigenvalue weighted by atomic mass is 35.5. The minimum Gasteiger partial charge on any atom is -0.315 e. The van der Waals surface area contributed by atoms with Gasteiger partial charge in [0, 0.05) is 31.5 Å². The fraction of sp³-hybridized carbons (Fsp3) is 0.533. The van der Waals surface area contributed by atoms with Gasteiger partial charge in [0.1, 0.15) is 5.65 Å². The summed E-state index contributed by atoms with van der Waals surface area (Å²) in [6, 6.07) is 4.49. The van der Waals surface area contributed by atoms with Crippen LogP contribution in [0.15, 0.2) is 24.5 Å². The quantitative estimate of drug-likeness (QED) is 0.919. The van der Waals surface area contributed by atoms with E-state index in [1.54, 1.807) is 0 Å². The maximum atomic E-state index is 6.02. The van der Waals surface area contributed by atoms with Gasteiger partial charge in [-0.05, 0) is 38.1 Å². The van der Waals surface area contributed by atoms with E-state index in [1.807, 2.05) is 22.7 Å². The number of hydrogen-bond acceptors (Lipinski definition) is 3. The first-order chi connectivity index (χ1) is 9.76. The molecule has 5 heteroatoms. The second-order valence-corrected chi connectivity index (χ2v) is 5.90. The summed E-state index contributed by atoms with van der Waals surface area (Å²) in [6.07, 6.45) is 6.41. The molecule has 0 bridgehead atoms. The Balaban J connectivity index is 1.78. The van der Waals surface area contributed by atoms with Crippen molar-refractivity contribution in [1.82, 2.24) is 19.6 Å². The first-order valence-corrected chi connectivity index (χ1v) is 7.72. The van der Waals surface area contributed by atoms with Crippen molar-refractivity contribution >= 4 is 17.2 Å². The molecule has 2 aromatic heterocycles. The number of halogens is 1. The lowest BCUT2D eigenvalue weighted by Crippen LogP contribution is -2.37. The molecule has 1 N–H and O–H groups in total. The summed E-state index contributed by atoms with van der Waals surface area (Å²) in [5, 5.41) is 4.19. The van der Waals surface area contributed by atoms with Gasteiger partial charge in [0.05, 0.1) is 10.7 Å². The zero-order valence-corrected chi connectivity index (χ0v) is 12.6. The van der Waals surface area contributed by atoms with Gasteiger partial charge in [0.25, 0.3) is 0 Å². The van der Waals surface area contributed by atoms with Crippen molar-refractivity contribution < 1.29 is 0 Å². The fourth-order valence-corrected chi connectivity index (χ4v) is 3.10. The van der Waals surface area contributed by atoms with E-state index in [0.29, 0.717) is 6.04 Å². The summed E-state index contributed by atoms with van der Waals surface area (Å²) < 4.78 is 2.01. The molecule has 0 aromatic carbocycles. The Morgan fingerprint density at radius 1 is 1.45 bits per heavy atom. The molecule has 1 unspecified atom stereocenters. The van der Waals surface area contributed by atoms with Crippen molar-refractivity contribution in [1.29, 1.82) is 0 Å². The average molecular weight is 293 g/mol. The normalized spacial score (nSPS) is 19.2. The number of nitrogens with zero attached hydrogens (tertiary/aromatic N) is 3. The number of hydrogen-bond donors (Lipinski definition) is 1. The molecule has 0 saturated carbocycles. The molecule has 2 aromatic rings. The molecule has 3 heterocycles. The number of pyridine rings is 1. The van der Waals surface area contributed by atoms with Gasteiger partial charge in [-0.25, -0.2) is 4.98 Å². The van der Waals surface area contributed by atoms with Crippen molar-refractivity contribution in [2.45, 2.75) is 32.4 Å². The lowest BCUT2D eigenvalue weighted by Gasteiger charge is -2.26. The predicted octanol–water partition coefficient (Wildman–Crippen LogP) is 2.56. The van der Waals surface area contributed by atoms with E-state index in [0.717, 1.165) is 42.5 Å². The Bertz CT molecular complexity index is 574. The molecule has 3 rings (SSSR count). The van der Waals surface area contributed by atoms with Crippen LogP contribution in [-0.2, 0) is 6.54 Å². The van der Waals surface area contributed by atoms with Crippen molar-refractivity contribution in [3.05, 3.63) is 35.2 Å². The van der Waals surface area contributed by atoms with Crippen LogP contribution >= 0.6 is 11.6 Å². The Kier molecular flexibility index (Phi) is 4.24. The maximum Gasteiger partial charge on any atom is 0.137 e. The molecule has 4 nitrogen and oxygen atoms in total. The number of aromatic nitrogens is 2.